The van der Waals surface area contributed by atoms with Gasteiger partial charge in [-0.2, -0.15) is 0 Å². The number of carbonyl (C=O) groups excluding carboxylic acids is 2. The number of unbranched alkanes of at least 4 members (excludes halogenated alkanes) is 16. The van der Waals surface area contributed by atoms with Gasteiger partial charge in [0.25, 0.3) is 0 Å². The van der Waals surface area contributed by atoms with E-state index in [1.165, 1.54) is 200 Å². The van der Waals surface area contributed by atoms with Crippen LogP contribution in [0.3, 0.4) is 0 Å². The minimum Gasteiger partial charge on any atom is -0.466 e. The second-order valence-electron chi connectivity index (χ2n) is 18.5. The van der Waals surface area contributed by atoms with Crippen molar-refractivity contribution < 1.29 is 19.1 Å². The second kappa shape index (κ2) is 40.3. The first-order chi connectivity index (χ1) is 27.9. The van der Waals surface area contributed by atoms with Crippen LogP contribution < -0.4 is 0 Å². The molecule has 0 N–H and O–H groups in total. The smallest absolute Gasteiger partial charge is 0.305 e. The van der Waals surface area contributed by atoms with E-state index in [1.54, 1.807) is 0 Å². The summed E-state index contributed by atoms with van der Waals surface area (Å²) in [6.07, 6.45) is 41.4. The molecule has 0 aromatic heterocycles. The lowest BCUT2D eigenvalue weighted by atomic mass is 9.90. The molecule has 1 heterocycles. The molecule has 0 aromatic carbocycles. The van der Waals surface area contributed by atoms with Gasteiger partial charge in [0.05, 0.1) is 13.2 Å². The summed E-state index contributed by atoms with van der Waals surface area (Å²) in [7, 11) is 2.24. The lowest BCUT2D eigenvalue weighted by molar-refractivity contribution is -0.145. The average Bonchev–Trinajstić information content (AvgIpc) is 3.20. The molecule has 1 rings (SSSR count). The highest BCUT2D eigenvalue weighted by Crippen LogP contribution is 2.25. The molecular weight excluding hydrogens is 705 g/mol. The summed E-state index contributed by atoms with van der Waals surface area (Å²) in [6, 6.07) is 0. The lowest BCUT2D eigenvalue weighted by Crippen LogP contribution is -2.44. The molecule has 1 fully saturated rings. The fourth-order valence-electron chi connectivity index (χ4n) is 8.99. The maximum atomic E-state index is 12.4. The molecule has 0 saturated carbocycles. The Morgan fingerprint density at radius 3 is 1.11 bits per heavy atom. The van der Waals surface area contributed by atoms with Crippen molar-refractivity contribution in [2.45, 2.75) is 246 Å². The van der Waals surface area contributed by atoms with Crippen molar-refractivity contribution in [1.29, 1.82) is 0 Å². The van der Waals surface area contributed by atoms with Gasteiger partial charge in [0.15, 0.2) is 0 Å². The molecule has 0 spiro atoms. The van der Waals surface area contributed by atoms with Crippen molar-refractivity contribution in [1.82, 2.24) is 9.80 Å². The number of rotatable bonds is 42. The van der Waals surface area contributed by atoms with Crippen LogP contribution >= 0.6 is 0 Å². The van der Waals surface area contributed by atoms with Crippen LogP contribution in [0, 0.1) is 17.8 Å². The van der Waals surface area contributed by atoms with Gasteiger partial charge in [0.2, 0.25) is 0 Å². The monoisotopic (exact) mass is 805 g/mol. The molecule has 0 radical (unpaired) electrons. The number of likely N-dealkylation sites (N-methyl/N-ethyl adjacent to an activating group) is 1. The Hall–Kier alpha value is -1.14. The van der Waals surface area contributed by atoms with E-state index in [2.05, 4.69) is 44.5 Å². The number of hydrogen-bond acceptors (Lipinski definition) is 6. The number of esters is 2. The Morgan fingerprint density at radius 2 is 0.719 bits per heavy atom. The van der Waals surface area contributed by atoms with Gasteiger partial charge in [-0.1, -0.05) is 195 Å². The van der Waals surface area contributed by atoms with E-state index < -0.39 is 0 Å². The first-order valence-corrected chi connectivity index (χ1v) is 25.6. The predicted molar refractivity (Wildman–Crippen MR) is 246 cm³/mol. The topological polar surface area (TPSA) is 59.1 Å². The SMILES string of the molecule is CCCCCC(CCCCC)CCOC(=O)CCCCCCCC(CCCCCCCC(=O)OCCC(CCCCC)CCCCC)CCCN1CCN(C)CC1. The van der Waals surface area contributed by atoms with Gasteiger partial charge in [-0.3, -0.25) is 9.59 Å². The van der Waals surface area contributed by atoms with Gasteiger partial charge in [-0.05, 0) is 69.9 Å². The van der Waals surface area contributed by atoms with Crippen LogP contribution in [0.4, 0.5) is 0 Å². The number of nitrogens with zero attached hydrogens (tertiary/aromatic N) is 2. The van der Waals surface area contributed by atoms with Gasteiger partial charge in [0.1, 0.15) is 0 Å². The zero-order chi connectivity index (χ0) is 41.4. The predicted octanol–water partition coefficient (Wildman–Crippen LogP) is 14.5. The van der Waals surface area contributed by atoms with E-state index in [0.29, 0.717) is 26.1 Å². The van der Waals surface area contributed by atoms with Gasteiger partial charge in [-0.15, -0.1) is 0 Å². The van der Waals surface area contributed by atoms with Crippen molar-refractivity contribution >= 4 is 11.9 Å². The van der Waals surface area contributed by atoms with Crippen LogP contribution in [-0.4, -0.2) is 74.7 Å². The van der Waals surface area contributed by atoms with E-state index >= 15 is 0 Å². The summed E-state index contributed by atoms with van der Waals surface area (Å²) >= 11 is 0. The number of carbonyl (C=O) groups is 2. The minimum atomic E-state index is 0.0194. The molecule has 1 aliphatic heterocycles. The Kier molecular flexibility index (Phi) is 38.1. The summed E-state index contributed by atoms with van der Waals surface area (Å²) < 4.78 is 11.4. The highest BCUT2D eigenvalue weighted by Gasteiger charge is 2.16. The van der Waals surface area contributed by atoms with E-state index in [-0.39, 0.29) is 11.9 Å². The molecule has 57 heavy (non-hydrogen) atoms. The molecule has 0 unspecified atom stereocenters. The fraction of sp³-hybridized carbons (Fsp3) is 0.961. The minimum absolute atomic E-state index is 0.0194. The first-order valence-electron chi connectivity index (χ1n) is 25.6. The highest BCUT2D eigenvalue weighted by molar-refractivity contribution is 5.69. The van der Waals surface area contributed by atoms with E-state index in [1.807, 2.05) is 0 Å². The standard InChI is InChI=1S/C51H100N2O4/c1-6-10-20-29-48(30-21-11-7-2)38-45-56-50(54)36-26-18-14-16-24-33-47(35-28-40-53-43-41-52(5)42-44-53)34-25-17-15-19-27-37-51(55)57-46-39-49(31-22-12-8-3)32-23-13-9-4/h47-49H,6-46H2,1-5H3. The molecule has 0 amide bonds. The summed E-state index contributed by atoms with van der Waals surface area (Å²) in [5.41, 5.74) is 0. The van der Waals surface area contributed by atoms with Crippen molar-refractivity contribution in [3.05, 3.63) is 0 Å². The van der Waals surface area contributed by atoms with Gasteiger partial charge in [0, 0.05) is 39.0 Å². The zero-order valence-electron chi connectivity index (χ0n) is 39.3. The summed E-state index contributed by atoms with van der Waals surface area (Å²) in [5, 5.41) is 0. The molecule has 0 bridgehead atoms. The average molecular weight is 805 g/mol. The van der Waals surface area contributed by atoms with Crippen molar-refractivity contribution in [2.75, 3.05) is 53.0 Å². The molecule has 1 aliphatic rings. The largest absolute Gasteiger partial charge is 0.466 e. The molecular formula is C51H100N2O4. The third kappa shape index (κ3) is 34.3. The van der Waals surface area contributed by atoms with Crippen LogP contribution in [-0.2, 0) is 19.1 Å². The lowest BCUT2D eigenvalue weighted by Gasteiger charge is -2.32. The molecule has 0 atom stereocenters. The third-order valence-corrected chi connectivity index (χ3v) is 13.1. The van der Waals surface area contributed by atoms with E-state index in [0.717, 1.165) is 56.3 Å². The number of ether oxygens (including phenoxy) is 2. The normalized spacial score (nSPS) is 14.0. The molecule has 0 aliphatic carbocycles. The molecule has 0 aromatic rings. The molecule has 338 valence electrons. The Balaban J connectivity index is 2.27. The van der Waals surface area contributed by atoms with Crippen LogP contribution in [0.15, 0.2) is 0 Å². The maximum Gasteiger partial charge on any atom is 0.305 e. The Morgan fingerprint density at radius 1 is 0.404 bits per heavy atom. The van der Waals surface area contributed by atoms with Gasteiger partial charge < -0.3 is 19.3 Å². The summed E-state index contributed by atoms with van der Waals surface area (Å²) in [4.78, 5) is 30.0. The third-order valence-electron chi connectivity index (χ3n) is 13.1. The molecule has 6 heteroatoms. The number of piperazine rings is 1. The van der Waals surface area contributed by atoms with Gasteiger partial charge >= 0.3 is 11.9 Å². The number of hydrogen-bond donors (Lipinski definition) is 0. The van der Waals surface area contributed by atoms with E-state index in [4.69, 9.17) is 9.47 Å². The second-order valence-corrected chi connectivity index (χ2v) is 18.5. The summed E-state index contributed by atoms with van der Waals surface area (Å²) in [6.45, 7) is 16.4. The molecule has 6 nitrogen and oxygen atoms in total. The quantitative estimate of drug-likeness (QED) is 0.0452. The Labute approximate surface area is 356 Å². The van der Waals surface area contributed by atoms with Crippen molar-refractivity contribution in [3.63, 3.8) is 0 Å². The van der Waals surface area contributed by atoms with Crippen LogP contribution in [0.25, 0.3) is 0 Å². The van der Waals surface area contributed by atoms with Crippen molar-refractivity contribution in [2.24, 2.45) is 17.8 Å². The maximum absolute atomic E-state index is 12.4. The molecule has 1 saturated heterocycles. The fourth-order valence-corrected chi connectivity index (χ4v) is 8.99. The summed E-state index contributed by atoms with van der Waals surface area (Å²) in [5.74, 6) is 2.32. The van der Waals surface area contributed by atoms with Gasteiger partial charge in [-0.25, -0.2) is 0 Å². The van der Waals surface area contributed by atoms with Crippen molar-refractivity contribution in [3.8, 4) is 0 Å². The van der Waals surface area contributed by atoms with E-state index in [9.17, 15) is 9.59 Å². The van der Waals surface area contributed by atoms with Crippen LogP contribution in [0.1, 0.15) is 246 Å². The first kappa shape index (κ1) is 53.9. The Bertz CT molecular complexity index is 799. The zero-order valence-corrected chi connectivity index (χ0v) is 39.3. The highest BCUT2D eigenvalue weighted by atomic mass is 16.5. The van der Waals surface area contributed by atoms with Crippen LogP contribution in [0.5, 0.6) is 0 Å². The van der Waals surface area contributed by atoms with Crippen LogP contribution in [0.2, 0.25) is 0 Å².